The molecule has 0 aliphatic rings. The first kappa shape index (κ1) is 18.5. The normalized spacial score (nSPS) is 11.4. The highest BCUT2D eigenvalue weighted by Gasteiger charge is 2.34. The van der Waals surface area contributed by atoms with E-state index in [2.05, 4.69) is 10.3 Å². The molecule has 0 bridgehead atoms. The fourth-order valence-corrected chi connectivity index (χ4v) is 3.31. The number of halogens is 3. The summed E-state index contributed by atoms with van der Waals surface area (Å²) in [7, 11) is 0. The zero-order valence-corrected chi connectivity index (χ0v) is 15.1. The number of alkyl halides is 3. The molecule has 3 aromatic rings. The highest BCUT2D eigenvalue weighted by Crippen LogP contribution is 2.34. The molecule has 0 saturated carbocycles. The van der Waals surface area contributed by atoms with E-state index in [1.165, 1.54) is 5.38 Å². The lowest BCUT2D eigenvalue weighted by atomic mass is 10.1. The van der Waals surface area contributed by atoms with Crippen LogP contribution in [0.4, 0.5) is 18.9 Å². The van der Waals surface area contributed by atoms with E-state index in [-0.39, 0.29) is 11.6 Å². The number of thiazole rings is 1. The summed E-state index contributed by atoms with van der Waals surface area (Å²) in [5, 5.41) is 3.25. The van der Waals surface area contributed by atoms with Crippen LogP contribution in [0, 0.1) is 0 Å². The van der Waals surface area contributed by atoms with E-state index in [1.807, 2.05) is 18.4 Å². The third-order valence-corrected chi connectivity index (χ3v) is 5.17. The molecule has 1 aromatic heterocycles. The Labute approximate surface area is 156 Å². The van der Waals surface area contributed by atoms with Crippen LogP contribution in [0.3, 0.4) is 0 Å². The fraction of sp³-hybridized carbons (Fsp3) is 0.111. The average Bonchev–Trinajstić information content (AvgIpc) is 3.13. The van der Waals surface area contributed by atoms with Gasteiger partial charge in [-0.1, -0.05) is 12.1 Å². The van der Waals surface area contributed by atoms with Crippen molar-refractivity contribution in [1.82, 2.24) is 4.98 Å². The summed E-state index contributed by atoms with van der Waals surface area (Å²) >= 11 is 2.15. The van der Waals surface area contributed by atoms with Gasteiger partial charge in [-0.2, -0.15) is 13.2 Å². The number of amides is 1. The fourth-order valence-electron chi connectivity index (χ4n) is 2.21. The predicted molar refractivity (Wildman–Crippen MR) is 98.7 cm³/mol. The lowest BCUT2D eigenvalue weighted by Crippen LogP contribution is -2.11. The number of benzene rings is 2. The first-order chi connectivity index (χ1) is 12.4. The smallest absolute Gasteiger partial charge is 0.322 e. The Kier molecular flexibility index (Phi) is 5.33. The molecule has 0 aliphatic carbocycles. The van der Waals surface area contributed by atoms with Gasteiger partial charge in [0.25, 0.3) is 5.91 Å². The summed E-state index contributed by atoms with van der Waals surface area (Å²) in [5.41, 5.74) is 1.90. The number of nitrogens with one attached hydrogen (secondary N) is 1. The summed E-state index contributed by atoms with van der Waals surface area (Å²) in [6.45, 7) is 0. The minimum absolute atomic E-state index is 0.251. The van der Waals surface area contributed by atoms with Crippen LogP contribution in [0.1, 0.15) is 15.4 Å². The van der Waals surface area contributed by atoms with E-state index in [0.717, 1.165) is 4.90 Å². The first-order valence-corrected chi connectivity index (χ1v) is 9.56. The number of nitrogens with zero attached hydrogens (tertiary/aromatic N) is 1. The van der Waals surface area contributed by atoms with Crippen LogP contribution >= 0.6 is 23.1 Å². The number of hydrogen-bond donors (Lipinski definition) is 1. The molecule has 1 heterocycles. The zero-order chi connectivity index (χ0) is 18.7. The molecule has 3 nitrogen and oxygen atoms in total. The van der Waals surface area contributed by atoms with Crippen molar-refractivity contribution in [2.45, 2.75) is 11.1 Å². The molecule has 0 unspecified atom stereocenters. The summed E-state index contributed by atoms with van der Waals surface area (Å²) in [5.74, 6) is -0.251. The summed E-state index contributed by atoms with van der Waals surface area (Å²) < 4.78 is 37.9. The molecular weight excluding hydrogens is 381 g/mol. The van der Waals surface area contributed by atoms with Gasteiger partial charge in [-0.3, -0.25) is 4.79 Å². The highest BCUT2D eigenvalue weighted by atomic mass is 32.2. The van der Waals surface area contributed by atoms with E-state index in [4.69, 9.17) is 0 Å². The second kappa shape index (κ2) is 7.51. The van der Waals surface area contributed by atoms with Crippen LogP contribution in [0.2, 0.25) is 0 Å². The summed E-state index contributed by atoms with van der Waals surface area (Å²) in [6, 6.07) is 13.7. The largest absolute Gasteiger partial charge is 0.443 e. The molecule has 0 saturated heterocycles. The minimum Gasteiger partial charge on any atom is -0.322 e. The molecule has 26 heavy (non-hydrogen) atoms. The Morgan fingerprint density at radius 3 is 2.27 bits per heavy atom. The Morgan fingerprint density at radius 1 is 1.08 bits per heavy atom. The van der Waals surface area contributed by atoms with Gasteiger partial charge in [0.15, 0.2) is 5.01 Å². The van der Waals surface area contributed by atoms with Crippen LogP contribution in [-0.2, 0) is 6.18 Å². The minimum atomic E-state index is -4.44. The van der Waals surface area contributed by atoms with E-state index in [9.17, 15) is 18.0 Å². The second-order valence-corrected chi connectivity index (χ2v) is 7.03. The lowest BCUT2D eigenvalue weighted by molar-refractivity contribution is -0.137. The third-order valence-electron chi connectivity index (χ3n) is 3.54. The van der Waals surface area contributed by atoms with Gasteiger partial charge in [0, 0.05) is 27.1 Å². The highest BCUT2D eigenvalue weighted by molar-refractivity contribution is 7.98. The molecular formula is C18H13F3N2OS2. The standard InChI is InChI=1S/C18H13F3N2OS2/c1-25-14-8-4-12(5-9-14)16(24)22-13-6-2-11(3-7-13)15-10-26-17(23-15)18(19,20)21/h2-10H,1H3,(H,22,24). The molecule has 1 N–H and O–H groups in total. The van der Waals surface area contributed by atoms with Crippen molar-refractivity contribution < 1.29 is 18.0 Å². The van der Waals surface area contributed by atoms with Gasteiger partial charge in [-0.15, -0.1) is 23.1 Å². The van der Waals surface area contributed by atoms with Crippen LogP contribution in [0.5, 0.6) is 0 Å². The van der Waals surface area contributed by atoms with Crippen molar-refractivity contribution >= 4 is 34.7 Å². The van der Waals surface area contributed by atoms with Gasteiger partial charge in [-0.25, -0.2) is 4.98 Å². The number of aromatic nitrogens is 1. The van der Waals surface area contributed by atoms with Crippen molar-refractivity contribution in [3.63, 3.8) is 0 Å². The monoisotopic (exact) mass is 394 g/mol. The lowest BCUT2D eigenvalue weighted by Gasteiger charge is -2.07. The van der Waals surface area contributed by atoms with Gasteiger partial charge in [0.2, 0.25) is 0 Å². The number of carbonyl (C=O) groups excluding carboxylic acids is 1. The summed E-state index contributed by atoms with van der Waals surface area (Å²) in [4.78, 5) is 16.9. The molecule has 0 atom stereocenters. The number of thioether (sulfide) groups is 1. The molecule has 8 heteroatoms. The third kappa shape index (κ3) is 4.25. The van der Waals surface area contributed by atoms with Crippen LogP contribution < -0.4 is 5.32 Å². The Balaban J connectivity index is 1.71. The average molecular weight is 394 g/mol. The zero-order valence-electron chi connectivity index (χ0n) is 13.5. The molecule has 1 amide bonds. The molecule has 0 radical (unpaired) electrons. The number of carbonyl (C=O) groups is 1. The van der Waals surface area contributed by atoms with Gasteiger partial charge >= 0.3 is 6.18 Å². The predicted octanol–water partition coefficient (Wildman–Crippen LogP) is 5.80. The SMILES string of the molecule is CSc1ccc(C(=O)Nc2ccc(-c3csc(C(F)(F)F)n3)cc2)cc1. The van der Waals surface area contributed by atoms with Gasteiger partial charge < -0.3 is 5.32 Å². The molecule has 3 rings (SSSR count). The molecule has 0 aliphatic heterocycles. The maximum Gasteiger partial charge on any atom is 0.443 e. The van der Waals surface area contributed by atoms with Crippen LogP contribution in [0.15, 0.2) is 58.8 Å². The van der Waals surface area contributed by atoms with Crippen molar-refractivity contribution in [3.8, 4) is 11.3 Å². The Morgan fingerprint density at radius 2 is 1.73 bits per heavy atom. The topological polar surface area (TPSA) is 42.0 Å². The van der Waals surface area contributed by atoms with Crippen molar-refractivity contribution in [3.05, 3.63) is 64.5 Å². The number of rotatable bonds is 4. The molecule has 134 valence electrons. The van der Waals surface area contributed by atoms with E-state index >= 15 is 0 Å². The van der Waals surface area contributed by atoms with E-state index < -0.39 is 11.2 Å². The Bertz CT molecular complexity index is 903. The van der Waals surface area contributed by atoms with E-state index in [0.29, 0.717) is 28.2 Å². The second-order valence-electron chi connectivity index (χ2n) is 5.30. The maximum atomic E-state index is 12.6. The molecule has 2 aromatic carbocycles. The number of hydrogen-bond acceptors (Lipinski definition) is 4. The molecule has 0 spiro atoms. The van der Waals surface area contributed by atoms with Crippen molar-refractivity contribution in [2.75, 3.05) is 11.6 Å². The number of anilines is 1. The maximum absolute atomic E-state index is 12.6. The van der Waals surface area contributed by atoms with Gasteiger partial charge in [-0.05, 0) is 42.7 Å². The Hall–Kier alpha value is -2.32. The van der Waals surface area contributed by atoms with Crippen LogP contribution in [0.25, 0.3) is 11.3 Å². The summed E-state index contributed by atoms with van der Waals surface area (Å²) in [6.07, 6.45) is -2.49. The van der Waals surface area contributed by atoms with E-state index in [1.54, 1.807) is 48.2 Å². The van der Waals surface area contributed by atoms with Crippen molar-refractivity contribution in [1.29, 1.82) is 0 Å². The van der Waals surface area contributed by atoms with Gasteiger partial charge in [0.05, 0.1) is 5.69 Å². The van der Waals surface area contributed by atoms with Gasteiger partial charge in [0.1, 0.15) is 0 Å². The molecule has 0 fully saturated rings. The first-order valence-electron chi connectivity index (χ1n) is 7.45. The van der Waals surface area contributed by atoms with Crippen LogP contribution in [-0.4, -0.2) is 17.1 Å². The van der Waals surface area contributed by atoms with Crippen molar-refractivity contribution in [2.24, 2.45) is 0 Å². The quantitative estimate of drug-likeness (QED) is 0.569.